The first-order chi connectivity index (χ1) is 10.9. The third-order valence-electron chi connectivity index (χ3n) is 3.64. The SMILES string of the molecule is CC(N)CCNC(=O)CCCN1C(=O)c2ccc(Br)cc2C1=O.Cl. The molecular formula is C16H21BrClN3O3. The van der Waals surface area contributed by atoms with Crippen molar-refractivity contribution < 1.29 is 14.4 Å². The molecule has 0 saturated heterocycles. The Morgan fingerprint density at radius 1 is 1.29 bits per heavy atom. The van der Waals surface area contributed by atoms with Gasteiger partial charge in [-0.15, -0.1) is 12.4 Å². The van der Waals surface area contributed by atoms with E-state index < -0.39 is 0 Å². The number of fused-ring (bicyclic) bond motifs is 1. The Morgan fingerprint density at radius 3 is 2.62 bits per heavy atom. The first-order valence-electron chi connectivity index (χ1n) is 7.58. The van der Waals surface area contributed by atoms with Gasteiger partial charge in [-0.3, -0.25) is 19.3 Å². The van der Waals surface area contributed by atoms with Gasteiger partial charge < -0.3 is 11.1 Å². The van der Waals surface area contributed by atoms with E-state index in [1.807, 2.05) is 6.92 Å². The van der Waals surface area contributed by atoms with Crippen LogP contribution in [0.5, 0.6) is 0 Å². The van der Waals surface area contributed by atoms with Gasteiger partial charge in [0.2, 0.25) is 5.91 Å². The normalized spacial score (nSPS) is 14.2. The first-order valence-corrected chi connectivity index (χ1v) is 8.37. The molecule has 1 aliphatic rings. The summed E-state index contributed by atoms with van der Waals surface area (Å²) in [6.45, 7) is 2.66. The van der Waals surface area contributed by atoms with E-state index in [0.717, 1.165) is 10.9 Å². The van der Waals surface area contributed by atoms with Gasteiger partial charge in [0.15, 0.2) is 0 Å². The minimum absolute atomic E-state index is 0. The molecule has 8 heteroatoms. The summed E-state index contributed by atoms with van der Waals surface area (Å²) in [7, 11) is 0. The maximum absolute atomic E-state index is 12.3. The molecule has 1 unspecified atom stereocenters. The fourth-order valence-corrected chi connectivity index (χ4v) is 2.75. The predicted octanol–water partition coefficient (Wildman–Crippen LogP) is 2.10. The Labute approximate surface area is 155 Å². The Hall–Kier alpha value is -1.44. The fraction of sp³-hybridized carbons (Fsp3) is 0.438. The number of nitrogens with one attached hydrogen (secondary N) is 1. The number of nitrogens with two attached hydrogens (primary N) is 1. The van der Waals surface area contributed by atoms with Crippen LogP contribution in [-0.4, -0.2) is 41.8 Å². The summed E-state index contributed by atoms with van der Waals surface area (Å²) in [5, 5.41) is 2.77. The molecule has 0 aliphatic carbocycles. The average molecular weight is 419 g/mol. The molecule has 0 saturated carbocycles. The quantitative estimate of drug-likeness (QED) is 0.663. The molecule has 1 heterocycles. The van der Waals surface area contributed by atoms with Crippen molar-refractivity contribution in [3.63, 3.8) is 0 Å². The van der Waals surface area contributed by atoms with Gasteiger partial charge in [-0.05, 0) is 38.0 Å². The molecule has 132 valence electrons. The topological polar surface area (TPSA) is 92.5 Å². The molecule has 1 aliphatic heterocycles. The monoisotopic (exact) mass is 417 g/mol. The van der Waals surface area contributed by atoms with Crippen LogP contribution in [0.2, 0.25) is 0 Å². The number of carbonyl (C=O) groups excluding carboxylic acids is 3. The number of hydrogen-bond acceptors (Lipinski definition) is 4. The Morgan fingerprint density at radius 2 is 1.96 bits per heavy atom. The highest BCUT2D eigenvalue weighted by Crippen LogP contribution is 2.26. The van der Waals surface area contributed by atoms with Crippen molar-refractivity contribution in [2.75, 3.05) is 13.1 Å². The van der Waals surface area contributed by atoms with Crippen molar-refractivity contribution in [1.82, 2.24) is 10.2 Å². The Balaban J connectivity index is 0.00000288. The summed E-state index contributed by atoms with van der Waals surface area (Å²) >= 11 is 3.29. The predicted molar refractivity (Wildman–Crippen MR) is 97.3 cm³/mol. The van der Waals surface area contributed by atoms with E-state index >= 15 is 0 Å². The Bertz CT molecular complexity index is 637. The van der Waals surface area contributed by atoms with Crippen molar-refractivity contribution in [2.45, 2.75) is 32.2 Å². The van der Waals surface area contributed by atoms with Crippen molar-refractivity contribution in [3.05, 3.63) is 33.8 Å². The van der Waals surface area contributed by atoms with Crippen molar-refractivity contribution >= 4 is 46.1 Å². The van der Waals surface area contributed by atoms with E-state index in [1.54, 1.807) is 18.2 Å². The standard InChI is InChI=1S/C16H20BrN3O3.ClH/c1-10(18)6-7-19-14(21)3-2-8-20-15(22)12-5-4-11(17)9-13(12)16(20)23;/h4-5,9-10H,2-3,6-8,18H2,1H3,(H,19,21);1H. The number of nitrogens with zero attached hydrogens (tertiary/aromatic N) is 1. The lowest BCUT2D eigenvalue weighted by molar-refractivity contribution is -0.121. The lowest BCUT2D eigenvalue weighted by Crippen LogP contribution is -2.32. The molecular weight excluding hydrogens is 398 g/mol. The highest BCUT2D eigenvalue weighted by atomic mass is 79.9. The molecule has 0 radical (unpaired) electrons. The number of hydrogen-bond donors (Lipinski definition) is 2. The number of benzene rings is 1. The lowest BCUT2D eigenvalue weighted by atomic mass is 10.1. The van der Waals surface area contributed by atoms with Gasteiger partial charge in [-0.25, -0.2) is 0 Å². The van der Waals surface area contributed by atoms with E-state index in [2.05, 4.69) is 21.2 Å². The van der Waals surface area contributed by atoms with Crippen LogP contribution in [0.1, 0.15) is 46.9 Å². The van der Waals surface area contributed by atoms with E-state index in [-0.39, 0.29) is 49.1 Å². The van der Waals surface area contributed by atoms with E-state index in [9.17, 15) is 14.4 Å². The molecule has 2 rings (SSSR count). The molecule has 1 atom stereocenters. The number of imide groups is 1. The summed E-state index contributed by atoms with van der Waals surface area (Å²) in [6, 6.07) is 5.07. The van der Waals surface area contributed by atoms with Crippen LogP contribution in [0, 0.1) is 0 Å². The van der Waals surface area contributed by atoms with E-state index in [0.29, 0.717) is 24.1 Å². The van der Waals surface area contributed by atoms with E-state index in [4.69, 9.17) is 5.73 Å². The van der Waals surface area contributed by atoms with Crippen molar-refractivity contribution in [3.8, 4) is 0 Å². The van der Waals surface area contributed by atoms with Gasteiger partial charge in [-0.2, -0.15) is 0 Å². The molecule has 0 spiro atoms. The Kier molecular flexibility index (Phi) is 7.86. The summed E-state index contributed by atoms with van der Waals surface area (Å²) in [5.41, 5.74) is 6.43. The molecule has 3 N–H and O–H groups in total. The molecule has 0 aromatic heterocycles. The fourth-order valence-electron chi connectivity index (χ4n) is 2.39. The average Bonchev–Trinajstić information content (AvgIpc) is 2.71. The van der Waals surface area contributed by atoms with Crippen LogP contribution in [0.3, 0.4) is 0 Å². The van der Waals surface area contributed by atoms with Gasteiger partial charge in [0.1, 0.15) is 0 Å². The van der Waals surface area contributed by atoms with E-state index in [1.165, 1.54) is 4.90 Å². The summed E-state index contributed by atoms with van der Waals surface area (Å²) in [6.07, 6.45) is 1.44. The number of carbonyl (C=O) groups is 3. The molecule has 0 bridgehead atoms. The van der Waals surface area contributed by atoms with Crippen LogP contribution in [0.15, 0.2) is 22.7 Å². The molecule has 1 aromatic carbocycles. The zero-order valence-corrected chi connectivity index (χ0v) is 15.8. The third kappa shape index (κ3) is 5.03. The second kappa shape index (κ2) is 9.15. The van der Waals surface area contributed by atoms with Crippen molar-refractivity contribution in [2.24, 2.45) is 5.73 Å². The maximum Gasteiger partial charge on any atom is 0.261 e. The highest BCUT2D eigenvalue weighted by molar-refractivity contribution is 9.10. The summed E-state index contributed by atoms with van der Waals surface area (Å²) in [4.78, 5) is 37.3. The minimum atomic E-state index is -0.302. The van der Waals surface area contributed by atoms with Gasteiger partial charge >= 0.3 is 0 Å². The molecule has 3 amide bonds. The van der Waals surface area contributed by atoms with Crippen LogP contribution < -0.4 is 11.1 Å². The summed E-state index contributed by atoms with van der Waals surface area (Å²) in [5.74, 6) is -0.691. The van der Waals surface area contributed by atoms with Crippen LogP contribution >= 0.6 is 28.3 Å². The van der Waals surface area contributed by atoms with Gasteiger partial charge in [0.05, 0.1) is 11.1 Å². The summed E-state index contributed by atoms with van der Waals surface area (Å²) < 4.78 is 0.757. The number of amides is 3. The van der Waals surface area contributed by atoms with Crippen LogP contribution in [-0.2, 0) is 4.79 Å². The number of halogens is 2. The first kappa shape index (κ1) is 20.6. The molecule has 1 aromatic rings. The second-order valence-corrected chi connectivity index (χ2v) is 6.59. The second-order valence-electron chi connectivity index (χ2n) is 5.67. The lowest BCUT2D eigenvalue weighted by Gasteiger charge is -2.13. The molecule has 0 fully saturated rings. The maximum atomic E-state index is 12.3. The highest BCUT2D eigenvalue weighted by Gasteiger charge is 2.35. The zero-order chi connectivity index (χ0) is 17.0. The number of rotatable bonds is 7. The van der Waals surface area contributed by atoms with Crippen LogP contribution in [0.4, 0.5) is 0 Å². The van der Waals surface area contributed by atoms with Crippen molar-refractivity contribution in [1.29, 1.82) is 0 Å². The largest absolute Gasteiger partial charge is 0.356 e. The van der Waals surface area contributed by atoms with Gasteiger partial charge in [0, 0.05) is 30.0 Å². The third-order valence-corrected chi connectivity index (χ3v) is 4.13. The zero-order valence-electron chi connectivity index (χ0n) is 13.4. The van der Waals surface area contributed by atoms with Gasteiger partial charge in [0.25, 0.3) is 11.8 Å². The smallest absolute Gasteiger partial charge is 0.261 e. The van der Waals surface area contributed by atoms with Crippen LogP contribution in [0.25, 0.3) is 0 Å². The molecule has 6 nitrogen and oxygen atoms in total. The van der Waals surface area contributed by atoms with Gasteiger partial charge in [-0.1, -0.05) is 15.9 Å². The minimum Gasteiger partial charge on any atom is -0.356 e. The molecule has 24 heavy (non-hydrogen) atoms.